The maximum absolute atomic E-state index is 10.7. The van der Waals surface area contributed by atoms with Gasteiger partial charge in [-0.25, -0.2) is 9.78 Å². The predicted molar refractivity (Wildman–Crippen MR) is 57.9 cm³/mol. The van der Waals surface area contributed by atoms with Crippen molar-refractivity contribution in [1.82, 2.24) is 4.98 Å². The number of hydrogen-bond acceptors (Lipinski definition) is 4. The third-order valence-corrected chi connectivity index (χ3v) is 2.12. The molecule has 1 aromatic carbocycles. The molecule has 0 atom stereocenters. The molecular weight excluding hydrogens is 208 g/mol. The van der Waals surface area contributed by atoms with Crippen molar-refractivity contribution in [2.75, 3.05) is 0 Å². The van der Waals surface area contributed by atoms with Crippen LogP contribution in [0.3, 0.4) is 0 Å². The van der Waals surface area contributed by atoms with Crippen LogP contribution in [0.4, 0.5) is 4.79 Å². The van der Waals surface area contributed by atoms with Gasteiger partial charge >= 0.3 is 6.09 Å². The predicted octanol–water partition coefficient (Wildman–Crippen LogP) is 1.18. The highest BCUT2D eigenvalue weighted by Crippen LogP contribution is 2.22. The number of fused-ring (bicyclic) bond motifs is 1. The van der Waals surface area contributed by atoms with E-state index in [1.165, 1.54) is 0 Å². The number of aliphatic hydroxyl groups excluding tert-OH is 1. The molecule has 0 fully saturated rings. The van der Waals surface area contributed by atoms with Gasteiger partial charge in [-0.05, 0) is 12.1 Å². The molecule has 0 unspecified atom stereocenters. The van der Waals surface area contributed by atoms with Crippen molar-refractivity contribution in [2.45, 2.75) is 6.61 Å². The lowest BCUT2D eigenvalue weighted by atomic mass is 10.2. The van der Waals surface area contributed by atoms with Crippen LogP contribution in [0.2, 0.25) is 0 Å². The van der Waals surface area contributed by atoms with Crippen LogP contribution in [0, 0.1) is 0 Å². The average molecular weight is 218 g/mol. The minimum Gasteiger partial charge on any atom is -0.408 e. The van der Waals surface area contributed by atoms with E-state index in [4.69, 9.17) is 15.6 Å². The summed E-state index contributed by atoms with van der Waals surface area (Å²) in [6, 6.07) is 8.94. The van der Waals surface area contributed by atoms with Gasteiger partial charge in [0.25, 0.3) is 0 Å². The molecule has 2 aromatic rings. The SMILES string of the molecule is NC(=O)Oc1cc2ccccc2nc1CO. The van der Waals surface area contributed by atoms with E-state index in [0.29, 0.717) is 0 Å². The summed E-state index contributed by atoms with van der Waals surface area (Å²) in [6.07, 6.45) is -0.924. The Morgan fingerprint density at radius 3 is 2.88 bits per heavy atom. The first-order chi connectivity index (χ1) is 7.70. The Bertz CT molecular complexity index is 540. The highest BCUT2D eigenvalue weighted by Gasteiger charge is 2.09. The standard InChI is InChI=1S/C11H10N2O3/c12-11(15)16-10-5-7-3-1-2-4-8(7)13-9(10)6-14/h1-5,14H,6H2,(H2,12,15). The molecule has 0 aliphatic rings. The van der Waals surface area contributed by atoms with E-state index < -0.39 is 6.09 Å². The number of nitrogens with zero attached hydrogens (tertiary/aromatic N) is 1. The fourth-order valence-corrected chi connectivity index (χ4v) is 1.45. The zero-order valence-electron chi connectivity index (χ0n) is 8.38. The number of aliphatic hydroxyl groups is 1. The minimum absolute atomic E-state index is 0.189. The van der Waals surface area contributed by atoms with Gasteiger partial charge in [0.2, 0.25) is 0 Å². The van der Waals surface area contributed by atoms with Crippen molar-refractivity contribution in [1.29, 1.82) is 0 Å². The van der Waals surface area contributed by atoms with Crippen LogP contribution >= 0.6 is 0 Å². The number of aromatic nitrogens is 1. The third-order valence-electron chi connectivity index (χ3n) is 2.12. The first-order valence-corrected chi connectivity index (χ1v) is 4.67. The van der Waals surface area contributed by atoms with Gasteiger partial charge in [-0.2, -0.15) is 0 Å². The Balaban J connectivity index is 2.58. The molecule has 0 radical (unpaired) electrons. The average Bonchev–Trinajstić information content (AvgIpc) is 2.27. The second kappa shape index (κ2) is 4.16. The van der Waals surface area contributed by atoms with E-state index >= 15 is 0 Å². The number of para-hydroxylation sites is 1. The molecule has 5 heteroatoms. The van der Waals surface area contributed by atoms with Crippen LogP contribution in [0.5, 0.6) is 5.75 Å². The number of hydrogen-bond donors (Lipinski definition) is 2. The van der Waals surface area contributed by atoms with Crippen molar-refractivity contribution in [3.63, 3.8) is 0 Å². The van der Waals surface area contributed by atoms with Gasteiger partial charge in [0, 0.05) is 5.39 Å². The first-order valence-electron chi connectivity index (χ1n) is 4.67. The maximum Gasteiger partial charge on any atom is 0.410 e. The molecule has 2 rings (SSSR count). The molecule has 1 heterocycles. The molecule has 0 saturated carbocycles. The van der Waals surface area contributed by atoms with Gasteiger partial charge in [0.05, 0.1) is 12.1 Å². The molecule has 0 aliphatic heterocycles. The lowest BCUT2D eigenvalue weighted by molar-refractivity contribution is 0.208. The fraction of sp³-hybridized carbons (Fsp3) is 0.0909. The first kappa shape index (κ1) is 10.4. The zero-order valence-corrected chi connectivity index (χ0v) is 8.38. The zero-order chi connectivity index (χ0) is 11.5. The maximum atomic E-state index is 10.7. The van der Waals surface area contributed by atoms with E-state index in [9.17, 15) is 4.79 Å². The Labute approximate surface area is 91.5 Å². The lowest BCUT2D eigenvalue weighted by Crippen LogP contribution is -2.17. The van der Waals surface area contributed by atoms with E-state index in [-0.39, 0.29) is 18.1 Å². The summed E-state index contributed by atoms with van der Waals surface area (Å²) < 4.78 is 4.76. The van der Waals surface area contributed by atoms with E-state index in [2.05, 4.69) is 4.98 Å². The van der Waals surface area contributed by atoms with Crippen molar-refractivity contribution in [3.8, 4) is 5.75 Å². The summed E-state index contributed by atoms with van der Waals surface area (Å²) in [5, 5.41) is 9.91. The number of ether oxygens (including phenoxy) is 1. The number of benzene rings is 1. The molecule has 16 heavy (non-hydrogen) atoms. The third kappa shape index (κ3) is 1.94. The van der Waals surface area contributed by atoms with Crippen LogP contribution < -0.4 is 10.5 Å². The molecule has 0 bridgehead atoms. The Morgan fingerprint density at radius 1 is 1.44 bits per heavy atom. The topological polar surface area (TPSA) is 85.4 Å². The van der Waals surface area contributed by atoms with Crippen molar-refractivity contribution >= 4 is 17.0 Å². The summed E-state index contributed by atoms with van der Waals surface area (Å²) in [5.74, 6) is 0.189. The quantitative estimate of drug-likeness (QED) is 0.792. The van der Waals surface area contributed by atoms with Gasteiger partial charge in [-0.3, -0.25) is 0 Å². The van der Waals surface area contributed by atoms with Gasteiger partial charge in [-0.15, -0.1) is 0 Å². The summed E-state index contributed by atoms with van der Waals surface area (Å²) in [5.41, 5.74) is 5.94. The van der Waals surface area contributed by atoms with Crippen LogP contribution in [0.15, 0.2) is 30.3 Å². The number of amides is 1. The minimum atomic E-state index is -0.924. The van der Waals surface area contributed by atoms with E-state index in [0.717, 1.165) is 10.9 Å². The molecule has 5 nitrogen and oxygen atoms in total. The smallest absolute Gasteiger partial charge is 0.408 e. The number of pyridine rings is 1. The summed E-state index contributed by atoms with van der Waals surface area (Å²) in [6.45, 7) is -0.312. The van der Waals surface area contributed by atoms with Gasteiger partial charge in [0.15, 0.2) is 5.75 Å². The van der Waals surface area contributed by atoms with Crippen molar-refractivity contribution in [3.05, 3.63) is 36.0 Å². The normalized spacial score (nSPS) is 10.3. The largest absolute Gasteiger partial charge is 0.410 e. The summed E-state index contributed by atoms with van der Waals surface area (Å²) in [4.78, 5) is 14.8. The Kier molecular flexibility index (Phi) is 2.70. The van der Waals surface area contributed by atoms with Crippen LogP contribution in [0.25, 0.3) is 10.9 Å². The molecule has 0 spiro atoms. The summed E-state index contributed by atoms with van der Waals surface area (Å²) >= 11 is 0. The number of primary amides is 1. The highest BCUT2D eigenvalue weighted by atomic mass is 16.5. The summed E-state index contributed by atoms with van der Waals surface area (Å²) in [7, 11) is 0. The number of nitrogens with two attached hydrogens (primary N) is 1. The highest BCUT2D eigenvalue weighted by molar-refractivity contribution is 5.81. The van der Waals surface area contributed by atoms with Gasteiger partial charge < -0.3 is 15.6 Å². The number of carbonyl (C=O) groups is 1. The number of rotatable bonds is 2. The van der Waals surface area contributed by atoms with Crippen molar-refractivity contribution < 1.29 is 14.6 Å². The Morgan fingerprint density at radius 2 is 2.19 bits per heavy atom. The van der Waals surface area contributed by atoms with Gasteiger partial charge in [0.1, 0.15) is 5.69 Å². The van der Waals surface area contributed by atoms with Gasteiger partial charge in [-0.1, -0.05) is 18.2 Å². The second-order valence-electron chi connectivity index (χ2n) is 3.21. The molecule has 0 aliphatic carbocycles. The van der Waals surface area contributed by atoms with E-state index in [1.54, 1.807) is 6.07 Å². The molecule has 1 aromatic heterocycles. The molecule has 0 saturated heterocycles. The second-order valence-corrected chi connectivity index (χ2v) is 3.21. The monoisotopic (exact) mass is 218 g/mol. The molecule has 3 N–H and O–H groups in total. The van der Waals surface area contributed by atoms with Crippen LogP contribution in [-0.4, -0.2) is 16.2 Å². The van der Waals surface area contributed by atoms with Crippen molar-refractivity contribution in [2.24, 2.45) is 5.73 Å². The Hall–Kier alpha value is -2.14. The number of carbonyl (C=O) groups excluding carboxylic acids is 1. The lowest BCUT2D eigenvalue weighted by Gasteiger charge is -2.07. The molecular formula is C11H10N2O3. The van der Waals surface area contributed by atoms with Crippen LogP contribution in [0.1, 0.15) is 5.69 Å². The fourth-order valence-electron chi connectivity index (χ4n) is 1.45. The van der Waals surface area contributed by atoms with E-state index in [1.807, 2.05) is 24.3 Å². The molecule has 1 amide bonds. The molecule has 82 valence electrons. The van der Waals surface area contributed by atoms with Crippen LogP contribution in [-0.2, 0) is 6.61 Å².